The van der Waals surface area contributed by atoms with Crippen LogP contribution < -0.4 is 0 Å². The van der Waals surface area contributed by atoms with E-state index >= 15 is 0 Å². The molecule has 0 atom stereocenters. The minimum atomic E-state index is -2.46. The third kappa shape index (κ3) is 3.14. The molecule has 1 fully saturated rings. The number of hydrogen-bond acceptors (Lipinski definition) is 4. The van der Waals surface area contributed by atoms with E-state index in [1.54, 1.807) is 0 Å². The fourth-order valence-electron chi connectivity index (χ4n) is 1.30. The molecule has 6 heteroatoms. The zero-order valence-corrected chi connectivity index (χ0v) is 11.5. The Bertz CT molecular complexity index is 168. The summed E-state index contributed by atoms with van der Waals surface area (Å²) >= 11 is 0. The third-order valence-electron chi connectivity index (χ3n) is 2.01. The highest BCUT2D eigenvalue weighted by atomic mass is 28.4. The van der Waals surface area contributed by atoms with Crippen molar-refractivity contribution in [2.45, 2.75) is 26.9 Å². The largest absolute Gasteiger partial charge is 0.526 e. The molecule has 0 aromatic heterocycles. The lowest BCUT2D eigenvalue weighted by atomic mass is 10.9. The van der Waals surface area contributed by atoms with Crippen molar-refractivity contribution in [3.8, 4) is 0 Å². The highest BCUT2D eigenvalue weighted by Crippen LogP contribution is 2.21. The first-order valence-electron chi connectivity index (χ1n) is 5.09. The summed E-state index contributed by atoms with van der Waals surface area (Å²) in [5.74, 6) is 0. The van der Waals surface area contributed by atoms with E-state index in [0.717, 1.165) is 0 Å². The maximum Gasteiger partial charge on any atom is 0.526 e. The Morgan fingerprint density at radius 2 is 1.57 bits per heavy atom. The topological polar surface area (TPSA) is 36.9 Å². The summed E-state index contributed by atoms with van der Waals surface area (Å²) in [6.45, 7) is 9.43. The summed E-state index contributed by atoms with van der Waals surface area (Å²) in [7, 11) is -4.04. The van der Waals surface area contributed by atoms with Gasteiger partial charge in [-0.1, -0.05) is 0 Å². The van der Waals surface area contributed by atoms with E-state index in [1.165, 1.54) is 0 Å². The second-order valence-corrected chi connectivity index (χ2v) is 10.5. The summed E-state index contributed by atoms with van der Waals surface area (Å²) in [6.07, 6.45) is 1.20. The Labute approximate surface area is 88.0 Å². The van der Waals surface area contributed by atoms with Gasteiger partial charge in [0.25, 0.3) is 0 Å². The minimum Gasteiger partial charge on any atom is -0.411 e. The molecule has 0 spiro atoms. The number of rotatable bonds is 4. The van der Waals surface area contributed by atoms with Crippen LogP contribution in [0.25, 0.3) is 0 Å². The second-order valence-electron chi connectivity index (χ2n) is 3.89. The molecule has 1 saturated heterocycles. The molecule has 14 heavy (non-hydrogen) atoms. The molecular weight excluding hydrogens is 216 g/mol. The minimum absolute atomic E-state index is 0.522. The maximum atomic E-state index is 5.81. The van der Waals surface area contributed by atoms with Gasteiger partial charge < -0.3 is 17.7 Å². The Morgan fingerprint density at radius 3 is 1.93 bits per heavy atom. The van der Waals surface area contributed by atoms with Crippen molar-refractivity contribution in [2.75, 3.05) is 25.7 Å². The van der Waals surface area contributed by atoms with Crippen LogP contribution in [0.1, 0.15) is 13.8 Å². The van der Waals surface area contributed by atoms with Crippen molar-refractivity contribution >= 4 is 17.1 Å². The summed E-state index contributed by atoms with van der Waals surface area (Å²) < 4.78 is 22.8. The van der Waals surface area contributed by atoms with Crippen molar-refractivity contribution in [1.29, 1.82) is 0 Å². The van der Waals surface area contributed by atoms with E-state index < -0.39 is 17.1 Å². The van der Waals surface area contributed by atoms with Crippen molar-refractivity contribution < 1.29 is 17.7 Å². The lowest BCUT2D eigenvalue weighted by Gasteiger charge is -2.38. The smallest absolute Gasteiger partial charge is 0.411 e. The summed E-state index contributed by atoms with van der Waals surface area (Å²) in [6, 6.07) is 0. The van der Waals surface area contributed by atoms with Gasteiger partial charge in [-0.3, -0.25) is 0 Å². The molecule has 0 bridgehead atoms. The molecule has 1 aliphatic rings. The average molecular weight is 236 g/mol. The van der Waals surface area contributed by atoms with Crippen LogP contribution in [0.15, 0.2) is 0 Å². The SMILES string of the molecule is CCO[Si]1(OCC)CO[Si](C)(C)CO1. The maximum absolute atomic E-state index is 5.81. The van der Waals surface area contributed by atoms with Crippen LogP contribution in [-0.4, -0.2) is 42.8 Å². The van der Waals surface area contributed by atoms with E-state index in [4.69, 9.17) is 17.7 Å². The van der Waals surface area contributed by atoms with E-state index in [9.17, 15) is 0 Å². The van der Waals surface area contributed by atoms with E-state index in [2.05, 4.69) is 13.1 Å². The molecule has 0 N–H and O–H groups in total. The Morgan fingerprint density at radius 1 is 1.00 bits per heavy atom. The van der Waals surface area contributed by atoms with Crippen LogP contribution in [0.5, 0.6) is 0 Å². The van der Waals surface area contributed by atoms with E-state index in [1.807, 2.05) is 13.8 Å². The molecule has 4 nitrogen and oxygen atoms in total. The predicted molar refractivity (Wildman–Crippen MR) is 58.4 cm³/mol. The Hall–Kier alpha value is 0.274. The lowest BCUT2D eigenvalue weighted by Crippen LogP contribution is -2.61. The number of hydrogen-bond donors (Lipinski definition) is 0. The van der Waals surface area contributed by atoms with Gasteiger partial charge in [-0.15, -0.1) is 0 Å². The van der Waals surface area contributed by atoms with E-state index in [-0.39, 0.29) is 0 Å². The molecule has 0 aliphatic carbocycles. The fraction of sp³-hybridized carbons (Fsp3) is 1.00. The first kappa shape index (κ1) is 12.3. The van der Waals surface area contributed by atoms with Gasteiger partial charge in [-0.05, 0) is 26.9 Å². The standard InChI is InChI=1S/C8H20O4Si2/c1-5-9-14(10-6-2)8-11-13(3,4)7-12-14/h5-8H2,1-4H3. The molecule has 0 saturated carbocycles. The van der Waals surface area contributed by atoms with Gasteiger partial charge >= 0.3 is 8.80 Å². The Kier molecular flexibility index (Phi) is 4.29. The van der Waals surface area contributed by atoms with Crippen molar-refractivity contribution in [2.24, 2.45) is 0 Å². The van der Waals surface area contributed by atoms with Gasteiger partial charge in [0.05, 0.1) is 6.23 Å². The van der Waals surface area contributed by atoms with Crippen molar-refractivity contribution in [3.63, 3.8) is 0 Å². The van der Waals surface area contributed by atoms with Gasteiger partial charge in [0, 0.05) is 13.2 Å². The summed E-state index contributed by atoms with van der Waals surface area (Å²) in [4.78, 5) is 0. The molecule has 0 unspecified atom stereocenters. The monoisotopic (exact) mass is 236 g/mol. The van der Waals surface area contributed by atoms with Crippen LogP contribution in [0, 0.1) is 0 Å². The second kappa shape index (κ2) is 4.86. The Balaban J connectivity index is 2.54. The third-order valence-corrected chi connectivity index (χ3v) is 6.89. The first-order chi connectivity index (χ1) is 6.54. The van der Waals surface area contributed by atoms with Crippen molar-refractivity contribution in [1.82, 2.24) is 0 Å². The van der Waals surface area contributed by atoms with E-state index in [0.29, 0.717) is 25.7 Å². The van der Waals surface area contributed by atoms with Gasteiger partial charge in [-0.25, -0.2) is 0 Å². The fourth-order valence-corrected chi connectivity index (χ4v) is 7.30. The highest BCUT2D eigenvalue weighted by Gasteiger charge is 2.48. The van der Waals surface area contributed by atoms with Crippen LogP contribution >= 0.6 is 0 Å². The zero-order valence-electron chi connectivity index (χ0n) is 9.46. The summed E-state index contributed by atoms with van der Waals surface area (Å²) in [5, 5.41) is 0. The van der Waals surface area contributed by atoms with Gasteiger partial charge in [0.2, 0.25) is 8.32 Å². The normalized spacial score (nSPS) is 24.9. The highest BCUT2D eigenvalue weighted by molar-refractivity contribution is 6.75. The summed E-state index contributed by atoms with van der Waals surface area (Å²) in [5.41, 5.74) is 0. The molecule has 1 rings (SSSR count). The van der Waals surface area contributed by atoms with Gasteiger partial charge in [0.1, 0.15) is 6.23 Å². The molecule has 1 heterocycles. The predicted octanol–water partition coefficient (Wildman–Crippen LogP) is 1.33. The first-order valence-corrected chi connectivity index (χ1v) is 10.1. The van der Waals surface area contributed by atoms with Crippen LogP contribution in [-0.2, 0) is 17.7 Å². The van der Waals surface area contributed by atoms with Gasteiger partial charge in [0.15, 0.2) is 0 Å². The van der Waals surface area contributed by atoms with Crippen LogP contribution in [0.3, 0.4) is 0 Å². The molecule has 0 amide bonds. The van der Waals surface area contributed by atoms with Crippen LogP contribution in [0.2, 0.25) is 13.1 Å². The van der Waals surface area contributed by atoms with Crippen LogP contribution in [0.4, 0.5) is 0 Å². The average Bonchev–Trinajstić information content (AvgIpc) is 2.12. The molecule has 0 aromatic rings. The molecule has 0 aromatic carbocycles. The van der Waals surface area contributed by atoms with Crippen molar-refractivity contribution in [3.05, 3.63) is 0 Å². The zero-order chi connectivity index (χ0) is 10.7. The van der Waals surface area contributed by atoms with Gasteiger partial charge in [-0.2, -0.15) is 0 Å². The lowest BCUT2D eigenvalue weighted by molar-refractivity contribution is 0.0402. The quantitative estimate of drug-likeness (QED) is 0.690. The molecule has 1 aliphatic heterocycles. The molecule has 0 radical (unpaired) electrons. The molecular formula is C8H20O4Si2. The molecule has 84 valence electrons.